The van der Waals surface area contributed by atoms with Crippen LogP contribution >= 0.6 is 0 Å². The van der Waals surface area contributed by atoms with E-state index in [1.807, 2.05) is 6.08 Å². The number of rotatable bonds is 4. The third-order valence-corrected chi connectivity index (χ3v) is 2.74. The van der Waals surface area contributed by atoms with Crippen molar-refractivity contribution in [2.45, 2.75) is 19.8 Å². The topological polar surface area (TPSA) is 29.5 Å². The molecule has 80 valence electrons. The Labute approximate surface area is 85.7 Å². The van der Waals surface area contributed by atoms with Crippen LogP contribution in [0.25, 0.3) is 0 Å². The van der Waals surface area contributed by atoms with Crippen LogP contribution in [-0.4, -0.2) is 37.6 Å². The highest BCUT2D eigenvalue weighted by Gasteiger charge is 2.19. The quantitative estimate of drug-likeness (QED) is 0.504. The minimum atomic E-state index is -0.254. The number of carbonyl (C=O) groups is 1. The summed E-state index contributed by atoms with van der Waals surface area (Å²) in [5.41, 5.74) is 0. The third-order valence-electron chi connectivity index (χ3n) is 2.74. The molecule has 0 aromatic carbocycles. The second-order valence-electron chi connectivity index (χ2n) is 3.71. The van der Waals surface area contributed by atoms with Gasteiger partial charge in [0.15, 0.2) is 0 Å². The molecule has 1 unspecified atom stereocenters. The summed E-state index contributed by atoms with van der Waals surface area (Å²) >= 11 is 0. The summed E-state index contributed by atoms with van der Waals surface area (Å²) < 4.78 is 4.52. The van der Waals surface area contributed by atoms with Crippen molar-refractivity contribution in [3.63, 3.8) is 0 Å². The van der Waals surface area contributed by atoms with E-state index >= 15 is 0 Å². The number of methoxy groups -OCH3 is 1. The zero-order chi connectivity index (χ0) is 10.4. The lowest BCUT2D eigenvalue weighted by atomic mass is 10.1. The fraction of sp³-hybridized carbons (Fsp3) is 0.727. The molecule has 0 saturated carbocycles. The summed E-state index contributed by atoms with van der Waals surface area (Å²) in [6, 6.07) is 0. The predicted molar refractivity (Wildman–Crippen MR) is 56.0 cm³/mol. The largest absolute Gasteiger partial charge is 0.466 e. The lowest BCUT2D eigenvalue weighted by Crippen LogP contribution is -2.19. The Balaban J connectivity index is 2.20. The second-order valence-corrected chi connectivity index (χ2v) is 3.71. The van der Waals surface area contributed by atoms with Crippen LogP contribution in [0.15, 0.2) is 12.2 Å². The van der Waals surface area contributed by atoms with E-state index in [0.717, 1.165) is 18.9 Å². The van der Waals surface area contributed by atoms with E-state index in [-0.39, 0.29) is 5.97 Å². The van der Waals surface area contributed by atoms with Crippen molar-refractivity contribution < 1.29 is 9.53 Å². The molecule has 3 heteroatoms. The summed E-state index contributed by atoms with van der Waals surface area (Å²) in [7, 11) is 1.40. The fourth-order valence-electron chi connectivity index (χ4n) is 1.82. The van der Waals surface area contributed by atoms with Crippen molar-refractivity contribution in [1.82, 2.24) is 4.90 Å². The van der Waals surface area contributed by atoms with E-state index in [0.29, 0.717) is 0 Å². The van der Waals surface area contributed by atoms with Gasteiger partial charge in [-0.1, -0.05) is 13.0 Å². The van der Waals surface area contributed by atoms with Crippen LogP contribution < -0.4 is 0 Å². The first-order valence-corrected chi connectivity index (χ1v) is 5.23. The van der Waals surface area contributed by atoms with Crippen molar-refractivity contribution in [1.29, 1.82) is 0 Å². The van der Waals surface area contributed by atoms with Crippen LogP contribution in [0.1, 0.15) is 19.8 Å². The highest BCUT2D eigenvalue weighted by Crippen LogP contribution is 2.19. The van der Waals surface area contributed by atoms with Gasteiger partial charge >= 0.3 is 5.97 Å². The highest BCUT2D eigenvalue weighted by atomic mass is 16.5. The SMILES string of the molecule is CCN1CCC(C/C=C\C(=O)OC)C1. The van der Waals surface area contributed by atoms with Crippen molar-refractivity contribution in [3.8, 4) is 0 Å². The molecule has 0 aromatic rings. The number of nitrogens with zero attached hydrogens (tertiary/aromatic N) is 1. The minimum absolute atomic E-state index is 0.254. The highest BCUT2D eigenvalue weighted by molar-refractivity contribution is 5.81. The van der Waals surface area contributed by atoms with Gasteiger partial charge in [0.1, 0.15) is 0 Å². The Kier molecular flexibility index (Phi) is 4.66. The van der Waals surface area contributed by atoms with Gasteiger partial charge in [-0.25, -0.2) is 4.79 Å². The van der Waals surface area contributed by atoms with E-state index < -0.39 is 0 Å². The molecular weight excluding hydrogens is 178 g/mol. The number of allylic oxidation sites excluding steroid dienone is 1. The molecule has 1 fully saturated rings. The molecule has 3 nitrogen and oxygen atoms in total. The zero-order valence-electron chi connectivity index (χ0n) is 9.03. The fourth-order valence-corrected chi connectivity index (χ4v) is 1.82. The van der Waals surface area contributed by atoms with Crippen LogP contribution in [0.2, 0.25) is 0 Å². The lowest BCUT2D eigenvalue weighted by molar-refractivity contribution is -0.134. The molecule has 0 bridgehead atoms. The van der Waals surface area contributed by atoms with Crippen molar-refractivity contribution in [2.75, 3.05) is 26.7 Å². The van der Waals surface area contributed by atoms with Gasteiger partial charge in [-0.2, -0.15) is 0 Å². The molecule has 1 atom stereocenters. The van der Waals surface area contributed by atoms with Gasteiger partial charge in [-0.05, 0) is 31.8 Å². The first kappa shape index (κ1) is 11.2. The Morgan fingerprint density at radius 1 is 1.64 bits per heavy atom. The van der Waals surface area contributed by atoms with Gasteiger partial charge in [0, 0.05) is 12.6 Å². The van der Waals surface area contributed by atoms with Crippen LogP contribution in [-0.2, 0) is 9.53 Å². The standard InChI is InChI=1S/C11H19NO2/c1-3-12-8-7-10(9-12)5-4-6-11(13)14-2/h4,6,10H,3,5,7-9H2,1-2H3/b6-4-. The second kappa shape index (κ2) is 5.81. The summed E-state index contributed by atoms with van der Waals surface area (Å²) in [5, 5.41) is 0. The molecular formula is C11H19NO2. The smallest absolute Gasteiger partial charge is 0.330 e. The molecule has 0 aliphatic carbocycles. The van der Waals surface area contributed by atoms with Gasteiger partial charge in [-0.15, -0.1) is 0 Å². The molecule has 0 amide bonds. The van der Waals surface area contributed by atoms with Crippen LogP contribution in [0.3, 0.4) is 0 Å². The van der Waals surface area contributed by atoms with Gasteiger partial charge < -0.3 is 9.64 Å². The Hall–Kier alpha value is -0.830. The maximum absolute atomic E-state index is 10.8. The molecule has 0 N–H and O–H groups in total. The normalized spacial score (nSPS) is 23.1. The average Bonchev–Trinajstić information content (AvgIpc) is 2.65. The Morgan fingerprint density at radius 2 is 2.43 bits per heavy atom. The van der Waals surface area contributed by atoms with Crippen LogP contribution in [0.5, 0.6) is 0 Å². The molecule has 1 saturated heterocycles. The molecule has 0 radical (unpaired) electrons. The van der Waals surface area contributed by atoms with E-state index in [4.69, 9.17) is 0 Å². The van der Waals surface area contributed by atoms with E-state index in [9.17, 15) is 4.79 Å². The Bertz CT molecular complexity index is 213. The third kappa shape index (κ3) is 3.50. The van der Waals surface area contributed by atoms with Gasteiger partial charge in [0.05, 0.1) is 7.11 Å². The minimum Gasteiger partial charge on any atom is -0.466 e. The summed E-state index contributed by atoms with van der Waals surface area (Å²) in [4.78, 5) is 13.2. The van der Waals surface area contributed by atoms with Crippen molar-refractivity contribution >= 4 is 5.97 Å². The van der Waals surface area contributed by atoms with Gasteiger partial charge in [0.25, 0.3) is 0 Å². The number of carbonyl (C=O) groups excluding carboxylic acids is 1. The molecule has 0 aromatic heterocycles. The number of hydrogen-bond acceptors (Lipinski definition) is 3. The molecule has 1 aliphatic rings. The lowest BCUT2D eigenvalue weighted by Gasteiger charge is -2.11. The monoisotopic (exact) mass is 197 g/mol. The molecule has 1 aliphatic heterocycles. The zero-order valence-corrected chi connectivity index (χ0v) is 9.03. The number of esters is 1. The van der Waals surface area contributed by atoms with Crippen molar-refractivity contribution in [3.05, 3.63) is 12.2 Å². The van der Waals surface area contributed by atoms with E-state index in [2.05, 4.69) is 16.6 Å². The van der Waals surface area contributed by atoms with Crippen LogP contribution in [0, 0.1) is 5.92 Å². The maximum atomic E-state index is 10.8. The maximum Gasteiger partial charge on any atom is 0.330 e. The molecule has 14 heavy (non-hydrogen) atoms. The predicted octanol–water partition coefficient (Wildman–Crippen LogP) is 1.45. The van der Waals surface area contributed by atoms with Gasteiger partial charge in [-0.3, -0.25) is 0 Å². The molecule has 1 rings (SSSR count). The number of hydrogen-bond donors (Lipinski definition) is 0. The first-order chi connectivity index (χ1) is 6.76. The van der Waals surface area contributed by atoms with E-state index in [1.54, 1.807) is 0 Å². The average molecular weight is 197 g/mol. The molecule has 1 heterocycles. The summed E-state index contributed by atoms with van der Waals surface area (Å²) in [6.07, 6.45) is 5.69. The van der Waals surface area contributed by atoms with Crippen LogP contribution in [0.4, 0.5) is 0 Å². The first-order valence-electron chi connectivity index (χ1n) is 5.23. The van der Waals surface area contributed by atoms with Gasteiger partial charge in [0.2, 0.25) is 0 Å². The summed E-state index contributed by atoms with van der Waals surface area (Å²) in [5.74, 6) is 0.464. The summed E-state index contributed by atoms with van der Waals surface area (Å²) in [6.45, 7) is 5.69. The number of likely N-dealkylation sites (tertiary alicyclic amines) is 1. The number of ether oxygens (including phenoxy) is 1. The van der Waals surface area contributed by atoms with Crippen molar-refractivity contribution in [2.24, 2.45) is 5.92 Å². The Morgan fingerprint density at radius 3 is 3.00 bits per heavy atom. The van der Waals surface area contributed by atoms with E-state index in [1.165, 1.54) is 32.7 Å². The molecule has 0 spiro atoms.